The second-order valence-electron chi connectivity index (χ2n) is 4.13. The summed E-state index contributed by atoms with van der Waals surface area (Å²) in [5.41, 5.74) is -0.120. The molecule has 1 aliphatic rings. The number of carbonyl (C=O) groups excluding carboxylic acids is 1. The third kappa shape index (κ3) is 2.72. The number of carbonyl (C=O) groups is 1. The smallest absolute Gasteiger partial charge is 0.340 e. The lowest BCUT2D eigenvalue weighted by Gasteiger charge is -2.09. The number of hydrogen-bond donors (Lipinski definition) is 1. The Morgan fingerprint density at radius 2 is 2.12 bits per heavy atom. The molecule has 0 radical (unpaired) electrons. The highest BCUT2D eigenvalue weighted by atomic mass is 19.1. The number of halogens is 2. The molecule has 1 aromatic carbocycles. The van der Waals surface area contributed by atoms with Crippen molar-refractivity contribution in [3.8, 4) is 0 Å². The zero-order valence-electron chi connectivity index (χ0n) is 9.43. The lowest BCUT2D eigenvalue weighted by molar-refractivity contribution is 0.0595. The molecule has 0 atom stereocenters. The number of esters is 1. The standard InChI is InChI=1S/C12H13F2NO2/c1-17-12(16)8-4-11(10(14)5-9(8)13)15-6-7-2-3-7/h4-5,7,15H,2-3,6H2,1H3. The molecule has 0 bridgehead atoms. The molecule has 1 saturated carbocycles. The van der Waals surface area contributed by atoms with Gasteiger partial charge in [-0.1, -0.05) is 0 Å². The van der Waals surface area contributed by atoms with Crippen molar-refractivity contribution in [2.45, 2.75) is 12.8 Å². The minimum Gasteiger partial charge on any atom is -0.465 e. The van der Waals surface area contributed by atoms with E-state index >= 15 is 0 Å². The van der Waals surface area contributed by atoms with Crippen molar-refractivity contribution in [1.29, 1.82) is 0 Å². The highest BCUT2D eigenvalue weighted by molar-refractivity contribution is 5.90. The van der Waals surface area contributed by atoms with Gasteiger partial charge in [0.2, 0.25) is 0 Å². The molecule has 0 unspecified atom stereocenters. The van der Waals surface area contributed by atoms with E-state index in [0.29, 0.717) is 18.5 Å². The molecule has 0 saturated heterocycles. The Balaban J connectivity index is 2.21. The molecule has 0 aromatic heterocycles. The first-order valence-electron chi connectivity index (χ1n) is 5.43. The summed E-state index contributed by atoms with van der Waals surface area (Å²) in [6.07, 6.45) is 2.25. The fourth-order valence-electron chi connectivity index (χ4n) is 1.53. The summed E-state index contributed by atoms with van der Waals surface area (Å²) in [5, 5.41) is 2.87. The largest absolute Gasteiger partial charge is 0.465 e. The Hall–Kier alpha value is -1.65. The lowest BCUT2D eigenvalue weighted by Crippen LogP contribution is -2.10. The van der Waals surface area contributed by atoms with Gasteiger partial charge in [0.15, 0.2) is 0 Å². The normalized spacial score (nSPS) is 14.5. The molecule has 92 valence electrons. The Morgan fingerprint density at radius 1 is 1.41 bits per heavy atom. The van der Waals surface area contributed by atoms with Crippen molar-refractivity contribution >= 4 is 11.7 Å². The zero-order chi connectivity index (χ0) is 12.4. The number of anilines is 1. The maximum absolute atomic E-state index is 13.4. The fourth-order valence-corrected chi connectivity index (χ4v) is 1.53. The quantitative estimate of drug-likeness (QED) is 0.823. The van der Waals surface area contributed by atoms with Gasteiger partial charge < -0.3 is 10.1 Å². The molecule has 0 aliphatic heterocycles. The molecular formula is C12H13F2NO2. The van der Waals surface area contributed by atoms with Crippen LogP contribution in [-0.2, 0) is 4.74 Å². The van der Waals surface area contributed by atoms with Crippen molar-refractivity contribution in [2.24, 2.45) is 5.92 Å². The topological polar surface area (TPSA) is 38.3 Å². The van der Waals surface area contributed by atoms with Crippen LogP contribution in [0.2, 0.25) is 0 Å². The first-order chi connectivity index (χ1) is 8.11. The van der Waals surface area contributed by atoms with Gasteiger partial charge in [-0.2, -0.15) is 0 Å². The van der Waals surface area contributed by atoms with Crippen LogP contribution in [0.1, 0.15) is 23.2 Å². The Bertz CT molecular complexity index is 444. The van der Waals surface area contributed by atoms with Crippen LogP contribution in [-0.4, -0.2) is 19.6 Å². The molecule has 1 aliphatic carbocycles. The summed E-state index contributed by atoms with van der Waals surface area (Å²) in [6.45, 7) is 0.642. The van der Waals surface area contributed by atoms with E-state index in [9.17, 15) is 13.6 Å². The number of benzene rings is 1. The summed E-state index contributed by atoms with van der Waals surface area (Å²) >= 11 is 0. The zero-order valence-corrected chi connectivity index (χ0v) is 9.43. The predicted octanol–water partition coefficient (Wildman–Crippen LogP) is 2.57. The second kappa shape index (κ2) is 4.69. The molecule has 1 N–H and O–H groups in total. The summed E-state index contributed by atoms with van der Waals surface area (Å²) in [5.74, 6) is -1.86. The predicted molar refractivity (Wildman–Crippen MR) is 58.9 cm³/mol. The van der Waals surface area contributed by atoms with E-state index in [1.807, 2.05) is 0 Å². The Kier molecular flexibility index (Phi) is 3.26. The van der Waals surface area contributed by atoms with Crippen molar-refractivity contribution in [2.75, 3.05) is 19.0 Å². The number of hydrogen-bond acceptors (Lipinski definition) is 3. The Labute approximate surface area is 97.8 Å². The molecular weight excluding hydrogens is 228 g/mol. The van der Waals surface area contributed by atoms with Gasteiger partial charge in [0, 0.05) is 12.6 Å². The van der Waals surface area contributed by atoms with Crippen LogP contribution in [0.4, 0.5) is 14.5 Å². The van der Waals surface area contributed by atoms with Gasteiger partial charge in [0.25, 0.3) is 0 Å². The third-order valence-corrected chi connectivity index (χ3v) is 2.74. The molecule has 2 rings (SSSR count). The summed E-state index contributed by atoms with van der Waals surface area (Å²) in [7, 11) is 1.16. The van der Waals surface area contributed by atoms with Crippen LogP contribution in [0.5, 0.6) is 0 Å². The van der Waals surface area contributed by atoms with Crippen molar-refractivity contribution < 1.29 is 18.3 Å². The lowest BCUT2D eigenvalue weighted by atomic mass is 10.1. The van der Waals surface area contributed by atoms with Gasteiger partial charge in [-0.05, 0) is 24.8 Å². The molecule has 5 heteroatoms. The molecule has 3 nitrogen and oxygen atoms in total. The third-order valence-electron chi connectivity index (χ3n) is 2.74. The maximum atomic E-state index is 13.4. The monoisotopic (exact) mass is 241 g/mol. The van der Waals surface area contributed by atoms with E-state index in [4.69, 9.17) is 0 Å². The number of rotatable bonds is 4. The minimum absolute atomic E-state index is 0.138. The van der Waals surface area contributed by atoms with Gasteiger partial charge in [0.05, 0.1) is 18.4 Å². The first-order valence-corrected chi connectivity index (χ1v) is 5.43. The average molecular weight is 241 g/mol. The second-order valence-corrected chi connectivity index (χ2v) is 4.13. The van der Waals surface area contributed by atoms with E-state index in [2.05, 4.69) is 10.1 Å². The van der Waals surface area contributed by atoms with E-state index in [1.54, 1.807) is 0 Å². The van der Waals surface area contributed by atoms with E-state index in [-0.39, 0.29) is 11.3 Å². The van der Waals surface area contributed by atoms with Crippen LogP contribution in [0, 0.1) is 17.6 Å². The number of nitrogens with one attached hydrogen (secondary N) is 1. The van der Waals surface area contributed by atoms with E-state index < -0.39 is 17.6 Å². The van der Waals surface area contributed by atoms with Gasteiger partial charge in [-0.25, -0.2) is 13.6 Å². The molecule has 1 aromatic rings. The highest BCUT2D eigenvalue weighted by Gasteiger charge is 2.22. The summed E-state index contributed by atoms with van der Waals surface area (Å²) in [4.78, 5) is 11.2. The van der Waals surface area contributed by atoms with Crippen LogP contribution in [0.25, 0.3) is 0 Å². The van der Waals surface area contributed by atoms with Gasteiger partial charge in [0.1, 0.15) is 11.6 Å². The molecule has 0 amide bonds. The van der Waals surface area contributed by atoms with Crippen molar-refractivity contribution in [3.05, 3.63) is 29.3 Å². The fraction of sp³-hybridized carbons (Fsp3) is 0.417. The van der Waals surface area contributed by atoms with Crippen LogP contribution in [0.3, 0.4) is 0 Å². The number of methoxy groups -OCH3 is 1. The molecule has 0 spiro atoms. The van der Waals surface area contributed by atoms with Crippen LogP contribution in [0.15, 0.2) is 12.1 Å². The van der Waals surface area contributed by atoms with E-state index in [1.165, 1.54) is 0 Å². The highest BCUT2D eigenvalue weighted by Crippen LogP contribution is 2.29. The number of ether oxygens (including phenoxy) is 1. The van der Waals surface area contributed by atoms with Gasteiger partial charge >= 0.3 is 5.97 Å². The first kappa shape index (κ1) is 11.8. The summed E-state index contributed by atoms with van der Waals surface area (Å²) < 4.78 is 31.1. The van der Waals surface area contributed by atoms with Crippen LogP contribution >= 0.6 is 0 Å². The van der Waals surface area contributed by atoms with Crippen molar-refractivity contribution in [1.82, 2.24) is 0 Å². The summed E-state index contributed by atoms with van der Waals surface area (Å²) in [6, 6.07) is 1.85. The minimum atomic E-state index is -0.911. The average Bonchev–Trinajstić information content (AvgIpc) is 3.11. The molecule has 17 heavy (non-hydrogen) atoms. The maximum Gasteiger partial charge on any atom is 0.340 e. The van der Waals surface area contributed by atoms with Crippen LogP contribution < -0.4 is 5.32 Å². The van der Waals surface area contributed by atoms with Gasteiger partial charge in [-0.15, -0.1) is 0 Å². The van der Waals surface area contributed by atoms with E-state index in [0.717, 1.165) is 26.0 Å². The molecule has 1 fully saturated rings. The Morgan fingerprint density at radius 3 is 2.71 bits per heavy atom. The van der Waals surface area contributed by atoms with Gasteiger partial charge in [-0.3, -0.25) is 0 Å². The molecule has 0 heterocycles. The van der Waals surface area contributed by atoms with Crippen molar-refractivity contribution in [3.63, 3.8) is 0 Å². The SMILES string of the molecule is COC(=O)c1cc(NCC2CC2)c(F)cc1F.